The lowest BCUT2D eigenvalue weighted by molar-refractivity contribution is 0.284. The molecule has 0 spiro atoms. The lowest BCUT2D eigenvalue weighted by atomic mass is 9.96. The summed E-state index contributed by atoms with van der Waals surface area (Å²) in [6, 6.07) is 0. The highest BCUT2D eigenvalue weighted by Crippen LogP contribution is 2.32. The molecule has 1 saturated heterocycles. The van der Waals surface area contributed by atoms with Crippen LogP contribution in [-0.4, -0.2) is 43.6 Å². The Kier molecular flexibility index (Phi) is 4.68. The van der Waals surface area contributed by atoms with Gasteiger partial charge in [-0.05, 0) is 61.3 Å². The fraction of sp³-hybridized carbons (Fsp3) is 0.643. The molecule has 0 aliphatic carbocycles. The lowest BCUT2D eigenvalue weighted by Crippen LogP contribution is -2.37. The van der Waals surface area contributed by atoms with Gasteiger partial charge in [-0.25, -0.2) is 4.98 Å². The predicted octanol–water partition coefficient (Wildman–Crippen LogP) is 2.51. The van der Waals surface area contributed by atoms with Gasteiger partial charge in [0.1, 0.15) is 5.82 Å². The maximum Gasteiger partial charge on any atom is 0.143 e. The van der Waals surface area contributed by atoms with Gasteiger partial charge in [0.2, 0.25) is 0 Å². The van der Waals surface area contributed by atoms with Gasteiger partial charge < -0.3 is 15.5 Å². The average molecular weight is 327 g/mol. The zero-order chi connectivity index (χ0) is 14.0. The summed E-state index contributed by atoms with van der Waals surface area (Å²) >= 11 is 3.63. The molecule has 0 bridgehead atoms. The highest BCUT2D eigenvalue weighted by atomic mass is 79.9. The van der Waals surface area contributed by atoms with Crippen molar-refractivity contribution in [2.75, 3.05) is 44.4 Å². The fourth-order valence-corrected chi connectivity index (χ4v) is 3.22. The summed E-state index contributed by atoms with van der Waals surface area (Å²) in [6.07, 6.45) is 4.23. The van der Waals surface area contributed by atoms with Gasteiger partial charge in [-0.3, -0.25) is 0 Å². The Morgan fingerprint density at radius 2 is 2.05 bits per heavy atom. The van der Waals surface area contributed by atoms with E-state index < -0.39 is 0 Å². The molecule has 0 radical (unpaired) electrons. The molecule has 2 rings (SSSR count). The van der Waals surface area contributed by atoms with Crippen LogP contribution in [0, 0.1) is 12.8 Å². The van der Waals surface area contributed by atoms with Crippen LogP contribution >= 0.6 is 15.9 Å². The highest BCUT2D eigenvalue weighted by molar-refractivity contribution is 9.10. The monoisotopic (exact) mass is 326 g/mol. The van der Waals surface area contributed by atoms with Gasteiger partial charge in [0.05, 0.1) is 16.4 Å². The molecule has 2 heterocycles. The summed E-state index contributed by atoms with van der Waals surface area (Å²) in [5.74, 6) is 1.84. The molecule has 19 heavy (non-hydrogen) atoms. The maximum absolute atomic E-state index is 5.88. The molecular weight excluding hydrogens is 304 g/mol. The van der Waals surface area contributed by atoms with Gasteiger partial charge in [0, 0.05) is 19.6 Å². The van der Waals surface area contributed by atoms with Gasteiger partial charge in [0.15, 0.2) is 0 Å². The largest absolute Gasteiger partial charge is 0.397 e. The Morgan fingerprint density at radius 1 is 1.42 bits per heavy atom. The minimum atomic E-state index is 0.748. The molecule has 5 heteroatoms. The van der Waals surface area contributed by atoms with Gasteiger partial charge in [-0.15, -0.1) is 0 Å². The van der Waals surface area contributed by atoms with Crippen LogP contribution in [0.1, 0.15) is 18.4 Å². The number of halogens is 1. The van der Waals surface area contributed by atoms with E-state index in [0.717, 1.165) is 40.5 Å². The fourth-order valence-electron chi connectivity index (χ4n) is 2.64. The van der Waals surface area contributed by atoms with Gasteiger partial charge in [0.25, 0.3) is 0 Å². The van der Waals surface area contributed by atoms with Crippen LogP contribution in [0.15, 0.2) is 10.7 Å². The van der Waals surface area contributed by atoms with Crippen molar-refractivity contribution in [3.8, 4) is 0 Å². The van der Waals surface area contributed by atoms with Crippen molar-refractivity contribution in [3.05, 3.63) is 16.2 Å². The van der Waals surface area contributed by atoms with E-state index >= 15 is 0 Å². The summed E-state index contributed by atoms with van der Waals surface area (Å²) in [5.41, 5.74) is 7.71. The third kappa shape index (κ3) is 3.39. The molecule has 0 amide bonds. The van der Waals surface area contributed by atoms with E-state index in [4.69, 9.17) is 5.73 Å². The zero-order valence-corrected chi connectivity index (χ0v) is 13.6. The molecule has 0 saturated carbocycles. The molecule has 1 aliphatic rings. The lowest BCUT2D eigenvalue weighted by Gasteiger charge is -2.34. The van der Waals surface area contributed by atoms with Gasteiger partial charge >= 0.3 is 0 Å². The van der Waals surface area contributed by atoms with Crippen LogP contribution in [0.25, 0.3) is 0 Å². The molecular formula is C14H23BrN4. The standard InChI is InChI=1S/C14H23BrN4/c1-10-12(16)8-17-14(13(10)15)19-6-4-11(5-7-19)9-18(2)3/h8,11H,4-7,9,16H2,1-3H3. The second-order valence-corrected chi connectivity index (χ2v) is 6.46. The third-order valence-corrected chi connectivity index (χ3v) is 4.77. The van der Waals surface area contributed by atoms with Crippen molar-refractivity contribution in [2.45, 2.75) is 19.8 Å². The van der Waals surface area contributed by atoms with Crippen molar-refractivity contribution in [1.82, 2.24) is 9.88 Å². The van der Waals surface area contributed by atoms with E-state index in [2.05, 4.69) is 44.8 Å². The SMILES string of the molecule is Cc1c(N)cnc(N2CCC(CN(C)C)CC2)c1Br. The van der Waals surface area contributed by atoms with Crippen LogP contribution in [0.3, 0.4) is 0 Å². The number of rotatable bonds is 3. The van der Waals surface area contributed by atoms with Crippen molar-refractivity contribution >= 4 is 27.4 Å². The number of hydrogen-bond acceptors (Lipinski definition) is 4. The van der Waals surface area contributed by atoms with Crippen LogP contribution < -0.4 is 10.6 Å². The Bertz CT molecular complexity index is 439. The van der Waals surface area contributed by atoms with Gasteiger partial charge in [-0.2, -0.15) is 0 Å². The summed E-state index contributed by atoms with van der Waals surface area (Å²) < 4.78 is 1.04. The number of nitrogens with two attached hydrogens (primary N) is 1. The van der Waals surface area contributed by atoms with E-state index in [9.17, 15) is 0 Å². The molecule has 0 aromatic carbocycles. The van der Waals surface area contributed by atoms with E-state index in [0.29, 0.717) is 0 Å². The molecule has 106 valence electrons. The number of pyridine rings is 1. The van der Waals surface area contributed by atoms with Crippen molar-refractivity contribution in [3.63, 3.8) is 0 Å². The molecule has 1 aromatic heterocycles. The minimum absolute atomic E-state index is 0.748. The highest BCUT2D eigenvalue weighted by Gasteiger charge is 2.22. The minimum Gasteiger partial charge on any atom is -0.397 e. The summed E-state index contributed by atoms with van der Waals surface area (Å²) in [4.78, 5) is 9.14. The normalized spacial score (nSPS) is 17.2. The second kappa shape index (κ2) is 6.09. The van der Waals surface area contributed by atoms with Crippen molar-refractivity contribution < 1.29 is 0 Å². The summed E-state index contributed by atoms with van der Waals surface area (Å²) in [5, 5.41) is 0. The number of hydrogen-bond donors (Lipinski definition) is 1. The van der Waals surface area contributed by atoms with E-state index in [-0.39, 0.29) is 0 Å². The van der Waals surface area contributed by atoms with Crippen molar-refractivity contribution in [2.24, 2.45) is 5.92 Å². The summed E-state index contributed by atoms with van der Waals surface area (Å²) in [7, 11) is 4.29. The van der Waals surface area contributed by atoms with Crippen LogP contribution in [0.5, 0.6) is 0 Å². The summed E-state index contributed by atoms with van der Waals surface area (Å²) in [6.45, 7) is 5.37. The molecule has 2 N–H and O–H groups in total. The van der Waals surface area contributed by atoms with Crippen LogP contribution in [0.2, 0.25) is 0 Å². The molecule has 1 aromatic rings. The Labute approximate surface area is 124 Å². The molecule has 1 fully saturated rings. The number of nitrogen functional groups attached to an aromatic ring is 1. The number of nitrogens with zero attached hydrogens (tertiary/aromatic N) is 3. The quantitative estimate of drug-likeness (QED) is 0.927. The smallest absolute Gasteiger partial charge is 0.143 e. The van der Waals surface area contributed by atoms with E-state index in [1.54, 1.807) is 6.20 Å². The van der Waals surface area contributed by atoms with Gasteiger partial charge in [-0.1, -0.05) is 0 Å². The molecule has 4 nitrogen and oxygen atoms in total. The zero-order valence-electron chi connectivity index (χ0n) is 12.0. The van der Waals surface area contributed by atoms with Crippen LogP contribution in [-0.2, 0) is 0 Å². The first-order valence-corrected chi connectivity index (χ1v) is 7.58. The van der Waals surface area contributed by atoms with E-state index in [1.807, 2.05) is 6.92 Å². The average Bonchev–Trinajstić information content (AvgIpc) is 2.37. The first-order chi connectivity index (χ1) is 8.99. The molecule has 1 aliphatic heterocycles. The van der Waals surface area contributed by atoms with Crippen LogP contribution in [0.4, 0.5) is 11.5 Å². The Morgan fingerprint density at radius 3 is 2.63 bits per heavy atom. The van der Waals surface area contributed by atoms with Crippen molar-refractivity contribution in [1.29, 1.82) is 0 Å². The number of aromatic nitrogens is 1. The third-order valence-electron chi connectivity index (χ3n) is 3.82. The Balaban J connectivity index is 2.04. The Hall–Kier alpha value is -0.810. The first kappa shape index (κ1) is 14.6. The number of anilines is 2. The second-order valence-electron chi connectivity index (χ2n) is 5.67. The first-order valence-electron chi connectivity index (χ1n) is 6.79. The molecule has 0 unspecified atom stereocenters. The maximum atomic E-state index is 5.88. The predicted molar refractivity (Wildman–Crippen MR) is 84.6 cm³/mol. The van der Waals surface area contributed by atoms with E-state index in [1.165, 1.54) is 19.4 Å². The molecule has 0 atom stereocenters. The topological polar surface area (TPSA) is 45.4 Å². The number of piperidine rings is 1.